The lowest BCUT2D eigenvalue weighted by molar-refractivity contribution is 0.0609. The Bertz CT molecular complexity index is 289. The van der Waals surface area contributed by atoms with E-state index in [0.29, 0.717) is 12.6 Å². The molecule has 0 aromatic carbocycles. The summed E-state index contributed by atoms with van der Waals surface area (Å²) in [6.45, 7) is 9.00. The molecular formula is C13H23NOS. The molecule has 2 N–H and O–H groups in total. The molecule has 0 fully saturated rings. The van der Waals surface area contributed by atoms with Crippen LogP contribution in [0, 0.1) is 5.41 Å². The highest BCUT2D eigenvalue weighted by Crippen LogP contribution is 2.18. The first kappa shape index (κ1) is 13.7. The van der Waals surface area contributed by atoms with Crippen LogP contribution in [0.25, 0.3) is 0 Å². The molecular weight excluding hydrogens is 218 g/mol. The van der Waals surface area contributed by atoms with Crippen LogP contribution in [-0.2, 0) is 6.42 Å². The number of aliphatic hydroxyl groups is 1. The fourth-order valence-corrected chi connectivity index (χ4v) is 2.14. The zero-order chi connectivity index (χ0) is 12.2. The summed E-state index contributed by atoms with van der Waals surface area (Å²) in [5, 5.41) is 17.6. The summed E-state index contributed by atoms with van der Waals surface area (Å²) in [7, 11) is 0. The van der Waals surface area contributed by atoms with E-state index >= 15 is 0 Å². The van der Waals surface area contributed by atoms with Crippen molar-refractivity contribution < 1.29 is 5.11 Å². The fourth-order valence-electron chi connectivity index (χ4n) is 1.45. The predicted octanol–water partition coefficient (Wildman–Crippen LogP) is 2.68. The third kappa shape index (κ3) is 4.64. The van der Waals surface area contributed by atoms with Crippen molar-refractivity contribution in [1.29, 1.82) is 0 Å². The van der Waals surface area contributed by atoms with Gasteiger partial charge in [0.05, 0.1) is 6.10 Å². The van der Waals surface area contributed by atoms with E-state index in [1.165, 1.54) is 5.56 Å². The average molecular weight is 241 g/mol. The van der Waals surface area contributed by atoms with Crippen molar-refractivity contribution in [2.24, 2.45) is 5.41 Å². The molecule has 0 radical (unpaired) electrons. The lowest BCUT2D eigenvalue weighted by Crippen LogP contribution is -2.40. The quantitative estimate of drug-likeness (QED) is 0.830. The largest absolute Gasteiger partial charge is 0.391 e. The SMILES string of the molecule is CC(Cc1ccsc1)NCC(O)C(C)(C)C. The Morgan fingerprint density at radius 3 is 2.62 bits per heavy atom. The molecule has 0 saturated heterocycles. The number of nitrogens with one attached hydrogen (secondary N) is 1. The molecule has 0 saturated carbocycles. The summed E-state index contributed by atoms with van der Waals surface area (Å²) in [6.07, 6.45) is 0.734. The zero-order valence-corrected chi connectivity index (χ0v) is 11.5. The van der Waals surface area contributed by atoms with Gasteiger partial charge in [-0.25, -0.2) is 0 Å². The number of rotatable bonds is 5. The van der Waals surface area contributed by atoms with E-state index in [1.807, 2.05) is 0 Å². The van der Waals surface area contributed by atoms with Crippen molar-refractivity contribution in [3.8, 4) is 0 Å². The molecule has 0 spiro atoms. The molecule has 0 aliphatic rings. The van der Waals surface area contributed by atoms with Crippen LogP contribution in [0.3, 0.4) is 0 Å². The third-order valence-electron chi connectivity index (χ3n) is 2.78. The minimum absolute atomic E-state index is 0.0465. The smallest absolute Gasteiger partial charge is 0.0712 e. The Morgan fingerprint density at radius 1 is 1.44 bits per heavy atom. The second-order valence-electron chi connectivity index (χ2n) is 5.53. The fraction of sp³-hybridized carbons (Fsp3) is 0.692. The van der Waals surface area contributed by atoms with Crippen LogP contribution in [0.1, 0.15) is 33.3 Å². The molecule has 16 heavy (non-hydrogen) atoms. The highest BCUT2D eigenvalue weighted by molar-refractivity contribution is 7.07. The second-order valence-corrected chi connectivity index (χ2v) is 6.31. The van der Waals surface area contributed by atoms with Crippen molar-refractivity contribution in [2.45, 2.75) is 46.3 Å². The van der Waals surface area contributed by atoms with Crippen molar-refractivity contribution in [1.82, 2.24) is 5.32 Å². The standard InChI is InChI=1S/C13H23NOS/c1-10(7-11-5-6-16-9-11)14-8-12(15)13(2,3)4/h5-6,9-10,12,14-15H,7-8H2,1-4H3. The van der Waals surface area contributed by atoms with Crippen molar-refractivity contribution >= 4 is 11.3 Å². The number of hydrogen-bond donors (Lipinski definition) is 2. The average Bonchev–Trinajstić information content (AvgIpc) is 2.65. The maximum atomic E-state index is 9.90. The van der Waals surface area contributed by atoms with E-state index in [-0.39, 0.29) is 11.5 Å². The van der Waals surface area contributed by atoms with E-state index in [4.69, 9.17) is 0 Å². The lowest BCUT2D eigenvalue weighted by Gasteiger charge is -2.27. The van der Waals surface area contributed by atoms with Crippen LogP contribution < -0.4 is 5.32 Å². The molecule has 1 heterocycles. The highest BCUT2D eigenvalue weighted by atomic mass is 32.1. The number of aliphatic hydroxyl groups excluding tert-OH is 1. The predicted molar refractivity (Wildman–Crippen MR) is 70.9 cm³/mol. The van der Waals surface area contributed by atoms with Crippen molar-refractivity contribution in [3.63, 3.8) is 0 Å². The normalized spacial score (nSPS) is 16.1. The summed E-state index contributed by atoms with van der Waals surface area (Å²) >= 11 is 1.73. The van der Waals surface area contributed by atoms with Crippen LogP contribution >= 0.6 is 11.3 Å². The van der Waals surface area contributed by atoms with Crippen LogP contribution in [0.15, 0.2) is 16.8 Å². The summed E-state index contributed by atoms with van der Waals surface area (Å²) < 4.78 is 0. The Hall–Kier alpha value is -0.380. The maximum absolute atomic E-state index is 9.90. The van der Waals surface area contributed by atoms with E-state index < -0.39 is 0 Å². The van der Waals surface area contributed by atoms with Gasteiger partial charge in [-0.3, -0.25) is 0 Å². The van der Waals surface area contributed by atoms with Crippen LogP contribution in [0.5, 0.6) is 0 Å². The van der Waals surface area contributed by atoms with Gasteiger partial charge in [-0.2, -0.15) is 11.3 Å². The van der Waals surface area contributed by atoms with Gasteiger partial charge in [0, 0.05) is 12.6 Å². The maximum Gasteiger partial charge on any atom is 0.0712 e. The van der Waals surface area contributed by atoms with Gasteiger partial charge in [0.1, 0.15) is 0 Å². The molecule has 1 aromatic heterocycles. The molecule has 1 rings (SSSR count). The molecule has 3 heteroatoms. The highest BCUT2D eigenvalue weighted by Gasteiger charge is 2.22. The van der Waals surface area contributed by atoms with Crippen molar-refractivity contribution in [3.05, 3.63) is 22.4 Å². The molecule has 2 atom stereocenters. The molecule has 0 bridgehead atoms. The second kappa shape index (κ2) is 5.80. The Morgan fingerprint density at radius 2 is 2.12 bits per heavy atom. The number of hydrogen-bond acceptors (Lipinski definition) is 3. The van der Waals surface area contributed by atoms with Crippen LogP contribution in [-0.4, -0.2) is 23.8 Å². The molecule has 2 unspecified atom stereocenters. The van der Waals surface area contributed by atoms with Gasteiger partial charge >= 0.3 is 0 Å². The lowest BCUT2D eigenvalue weighted by atomic mass is 9.89. The van der Waals surface area contributed by atoms with Crippen LogP contribution in [0.2, 0.25) is 0 Å². The third-order valence-corrected chi connectivity index (χ3v) is 3.51. The molecule has 2 nitrogen and oxygen atoms in total. The van der Waals surface area contributed by atoms with Gasteiger partial charge in [0.25, 0.3) is 0 Å². The Balaban J connectivity index is 2.28. The van der Waals surface area contributed by atoms with Crippen LogP contribution in [0.4, 0.5) is 0 Å². The van der Waals surface area contributed by atoms with Gasteiger partial charge in [-0.15, -0.1) is 0 Å². The van der Waals surface area contributed by atoms with Gasteiger partial charge in [-0.05, 0) is 41.1 Å². The minimum atomic E-state index is -0.294. The zero-order valence-electron chi connectivity index (χ0n) is 10.7. The van der Waals surface area contributed by atoms with Gasteiger partial charge in [0.15, 0.2) is 0 Å². The van der Waals surface area contributed by atoms with E-state index in [2.05, 4.69) is 49.8 Å². The molecule has 0 aliphatic carbocycles. The summed E-state index contributed by atoms with van der Waals surface area (Å²) in [5.74, 6) is 0. The number of thiophene rings is 1. The molecule has 0 amide bonds. The summed E-state index contributed by atoms with van der Waals surface area (Å²) in [4.78, 5) is 0. The van der Waals surface area contributed by atoms with E-state index in [0.717, 1.165) is 6.42 Å². The van der Waals surface area contributed by atoms with E-state index in [1.54, 1.807) is 11.3 Å². The molecule has 1 aromatic rings. The topological polar surface area (TPSA) is 32.3 Å². The summed E-state index contributed by atoms with van der Waals surface area (Å²) in [6, 6.07) is 2.56. The first-order chi connectivity index (χ1) is 7.39. The molecule has 92 valence electrons. The minimum Gasteiger partial charge on any atom is -0.391 e. The van der Waals surface area contributed by atoms with Gasteiger partial charge < -0.3 is 10.4 Å². The first-order valence-electron chi connectivity index (χ1n) is 5.82. The van der Waals surface area contributed by atoms with Gasteiger partial charge in [0.2, 0.25) is 0 Å². The van der Waals surface area contributed by atoms with E-state index in [9.17, 15) is 5.11 Å². The molecule has 0 aliphatic heterocycles. The first-order valence-corrected chi connectivity index (χ1v) is 6.76. The Labute approximate surface area is 103 Å². The Kier molecular flexibility index (Phi) is 4.96. The summed E-state index contributed by atoms with van der Waals surface area (Å²) in [5.41, 5.74) is 1.32. The van der Waals surface area contributed by atoms with Gasteiger partial charge in [-0.1, -0.05) is 20.8 Å². The van der Waals surface area contributed by atoms with Crippen molar-refractivity contribution in [2.75, 3.05) is 6.54 Å². The monoisotopic (exact) mass is 241 g/mol.